The molecule has 2 amide bonds. The minimum absolute atomic E-state index is 0.0286. The summed E-state index contributed by atoms with van der Waals surface area (Å²) in [4.78, 5) is 27.4. The van der Waals surface area contributed by atoms with E-state index in [4.69, 9.17) is 0 Å². The van der Waals surface area contributed by atoms with Gasteiger partial charge in [-0.05, 0) is 25.9 Å². The molecule has 1 unspecified atom stereocenters. The van der Waals surface area contributed by atoms with Crippen LogP contribution in [0.15, 0.2) is 0 Å². The summed E-state index contributed by atoms with van der Waals surface area (Å²) >= 11 is 0. The molecule has 18 heavy (non-hydrogen) atoms. The highest BCUT2D eigenvalue weighted by molar-refractivity contribution is 5.89. The van der Waals surface area contributed by atoms with Gasteiger partial charge in [0.15, 0.2) is 0 Å². The number of likely N-dealkylation sites (N-methyl/N-ethyl adjacent to an activating group) is 1. The Morgan fingerprint density at radius 3 is 2.94 bits per heavy atom. The molecule has 6 nitrogen and oxygen atoms in total. The number of hydrogen-bond acceptors (Lipinski definition) is 4. The molecule has 2 aliphatic rings. The van der Waals surface area contributed by atoms with Crippen molar-refractivity contribution in [2.24, 2.45) is 0 Å². The van der Waals surface area contributed by atoms with Gasteiger partial charge in [-0.25, -0.2) is 0 Å². The van der Waals surface area contributed by atoms with Gasteiger partial charge in [0, 0.05) is 26.7 Å². The van der Waals surface area contributed by atoms with E-state index in [1.807, 2.05) is 0 Å². The largest absolute Gasteiger partial charge is 0.344 e. The Kier molecular flexibility index (Phi) is 4.54. The third-order valence-corrected chi connectivity index (χ3v) is 3.56. The number of nitrogens with one attached hydrogen (secondary N) is 2. The molecule has 2 N–H and O–H groups in total. The summed E-state index contributed by atoms with van der Waals surface area (Å²) in [6.45, 7) is 4.92. The molecule has 2 rings (SSSR count). The van der Waals surface area contributed by atoms with Crippen LogP contribution >= 0.6 is 0 Å². The molecule has 6 heteroatoms. The fourth-order valence-corrected chi connectivity index (χ4v) is 2.46. The zero-order valence-electron chi connectivity index (χ0n) is 10.9. The van der Waals surface area contributed by atoms with Gasteiger partial charge in [-0.2, -0.15) is 0 Å². The molecule has 102 valence electrons. The van der Waals surface area contributed by atoms with Crippen molar-refractivity contribution in [1.29, 1.82) is 0 Å². The molecular weight excluding hydrogens is 232 g/mol. The maximum absolute atomic E-state index is 11.9. The van der Waals surface area contributed by atoms with Crippen molar-refractivity contribution in [3.63, 3.8) is 0 Å². The maximum Gasteiger partial charge on any atom is 0.244 e. The van der Waals surface area contributed by atoms with Crippen LogP contribution in [0, 0.1) is 0 Å². The van der Waals surface area contributed by atoms with Gasteiger partial charge < -0.3 is 15.5 Å². The van der Waals surface area contributed by atoms with E-state index >= 15 is 0 Å². The highest BCUT2D eigenvalue weighted by Crippen LogP contribution is 2.08. The van der Waals surface area contributed by atoms with Gasteiger partial charge in [0.2, 0.25) is 11.8 Å². The van der Waals surface area contributed by atoms with E-state index in [1.54, 1.807) is 11.9 Å². The SMILES string of the molecule is CN1CCC(NC(=O)CN2CCCNCC2)C1=O. The Morgan fingerprint density at radius 2 is 2.22 bits per heavy atom. The fraction of sp³-hybridized carbons (Fsp3) is 0.833. The second kappa shape index (κ2) is 6.15. The third kappa shape index (κ3) is 3.43. The highest BCUT2D eigenvalue weighted by Gasteiger charge is 2.30. The van der Waals surface area contributed by atoms with E-state index in [1.165, 1.54) is 0 Å². The van der Waals surface area contributed by atoms with E-state index in [2.05, 4.69) is 15.5 Å². The molecule has 2 heterocycles. The zero-order valence-corrected chi connectivity index (χ0v) is 10.9. The van der Waals surface area contributed by atoms with Gasteiger partial charge in [0.25, 0.3) is 0 Å². The Bertz CT molecular complexity index is 313. The first kappa shape index (κ1) is 13.3. The van der Waals surface area contributed by atoms with Crippen molar-refractivity contribution in [2.45, 2.75) is 18.9 Å². The summed E-state index contributed by atoms with van der Waals surface area (Å²) in [5.74, 6) is -0.00793. The lowest BCUT2D eigenvalue weighted by molar-refractivity contribution is -0.132. The number of nitrogens with zero attached hydrogens (tertiary/aromatic N) is 2. The summed E-state index contributed by atoms with van der Waals surface area (Å²) in [5.41, 5.74) is 0. The van der Waals surface area contributed by atoms with Crippen LogP contribution in [0.2, 0.25) is 0 Å². The van der Waals surface area contributed by atoms with E-state index in [9.17, 15) is 9.59 Å². The predicted octanol–water partition coefficient (Wildman–Crippen LogP) is -1.37. The quantitative estimate of drug-likeness (QED) is 0.652. The number of likely N-dealkylation sites (tertiary alicyclic amines) is 1. The van der Waals surface area contributed by atoms with E-state index in [0.29, 0.717) is 6.54 Å². The molecule has 0 aliphatic carbocycles. The van der Waals surface area contributed by atoms with Crippen molar-refractivity contribution in [1.82, 2.24) is 20.4 Å². The molecule has 0 bridgehead atoms. The van der Waals surface area contributed by atoms with Crippen molar-refractivity contribution in [3.05, 3.63) is 0 Å². The van der Waals surface area contributed by atoms with Gasteiger partial charge in [0.1, 0.15) is 6.04 Å². The van der Waals surface area contributed by atoms with Crippen LogP contribution < -0.4 is 10.6 Å². The fourth-order valence-electron chi connectivity index (χ4n) is 2.46. The summed E-state index contributed by atoms with van der Waals surface area (Å²) in [7, 11) is 1.77. The van der Waals surface area contributed by atoms with Crippen LogP contribution in [0.3, 0.4) is 0 Å². The van der Waals surface area contributed by atoms with Gasteiger partial charge >= 0.3 is 0 Å². The van der Waals surface area contributed by atoms with Crippen molar-refractivity contribution in [3.8, 4) is 0 Å². The number of carbonyl (C=O) groups excluding carboxylic acids is 2. The minimum Gasteiger partial charge on any atom is -0.344 e. The monoisotopic (exact) mass is 254 g/mol. The molecule has 0 aromatic carbocycles. The van der Waals surface area contributed by atoms with Gasteiger partial charge in [-0.3, -0.25) is 14.5 Å². The molecule has 0 aromatic heterocycles. The normalized spacial score (nSPS) is 26.2. The average Bonchev–Trinajstić information content (AvgIpc) is 2.60. The summed E-state index contributed by atoms with van der Waals surface area (Å²) < 4.78 is 0. The average molecular weight is 254 g/mol. The third-order valence-electron chi connectivity index (χ3n) is 3.56. The van der Waals surface area contributed by atoms with E-state index in [-0.39, 0.29) is 17.9 Å². The van der Waals surface area contributed by atoms with E-state index < -0.39 is 0 Å². The van der Waals surface area contributed by atoms with Crippen LogP contribution in [0.25, 0.3) is 0 Å². The van der Waals surface area contributed by atoms with Crippen molar-refractivity contribution >= 4 is 11.8 Å². The maximum atomic E-state index is 11.9. The van der Waals surface area contributed by atoms with Gasteiger partial charge in [0.05, 0.1) is 6.54 Å². The number of rotatable bonds is 3. The number of carbonyl (C=O) groups is 2. The van der Waals surface area contributed by atoms with Crippen LogP contribution in [0.1, 0.15) is 12.8 Å². The molecule has 0 aromatic rings. The van der Waals surface area contributed by atoms with Crippen LogP contribution in [-0.4, -0.2) is 74.0 Å². The Hall–Kier alpha value is -1.14. The van der Waals surface area contributed by atoms with Crippen LogP contribution in [-0.2, 0) is 9.59 Å². The summed E-state index contributed by atoms with van der Waals surface area (Å²) in [5, 5.41) is 6.14. The zero-order chi connectivity index (χ0) is 13.0. The van der Waals surface area contributed by atoms with Crippen LogP contribution in [0.4, 0.5) is 0 Å². The Labute approximate surface area is 108 Å². The lowest BCUT2D eigenvalue weighted by atomic mass is 10.2. The molecular formula is C12H22N4O2. The first-order valence-electron chi connectivity index (χ1n) is 6.64. The smallest absolute Gasteiger partial charge is 0.244 e. The van der Waals surface area contributed by atoms with Gasteiger partial charge in [-0.1, -0.05) is 0 Å². The molecule has 0 saturated carbocycles. The highest BCUT2D eigenvalue weighted by atomic mass is 16.2. The first-order valence-corrected chi connectivity index (χ1v) is 6.64. The predicted molar refractivity (Wildman–Crippen MR) is 68.1 cm³/mol. The molecule has 2 aliphatic heterocycles. The lowest BCUT2D eigenvalue weighted by Crippen LogP contribution is -2.45. The molecule has 0 spiro atoms. The molecule has 2 fully saturated rings. The van der Waals surface area contributed by atoms with Crippen LogP contribution in [0.5, 0.6) is 0 Å². The minimum atomic E-state index is -0.312. The summed E-state index contributed by atoms with van der Waals surface area (Å²) in [6, 6.07) is -0.312. The summed E-state index contributed by atoms with van der Waals surface area (Å²) in [6.07, 6.45) is 1.79. The lowest BCUT2D eigenvalue weighted by Gasteiger charge is -2.20. The first-order chi connectivity index (χ1) is 8.66. The Morgan fingerprint density at radius 1 is 1.39 bits per heavy atom. The van der Waals surface area contributed by atoms with E-state index in [0.717, 1.165) is 45.6 Å². The number of amides is 2. The number of hydrogen-bond donors (Lipinski definition) is 2. The molecule has 1 atom stereocenters. The second-order valence-corrected chi connectivity index (χ2v) is 5.05. The van der Waals surface area contributed by atoms with Crippen molar-refractivity contribution < 1.29 is 9.59 Å². The second-order valence-electron chi connectivity index (χ2n) is 5.05. The topological polar surface area (TPSA) is 64.7 Å². The molecule has 0 radical (unpaired) electrons. The van der Waals surface area contributed by atoms with Crippen molar-refractivity contribution in [2.75, 3.05) is 46.3 Å². The Balaban J connectivity index is 1.76. The molecule has 2 saturated heterocycles. The van der Waals surface area contributed by atoms with Gasteiger partial charge in [-0.15, -0.1) is 0 Å². The standard InChI is InChI=1S/C12H22N4O2/c1-15-7-3-10(12(15)18)14-11(17)9-16-6-2-4-13-5-8-16/h10,13H,2-9H2,1H3,(H,14,17).